The first-order valence-corrected chi connectivity index (χ1v) is 10.3. The van der Waals surface area contributed by atoms with E-state index in [-0.39, 0.29) is 36.4 Å². The molecule has 0 unspecified atom stereocenters. The molecule has 3 heterocycles. The number of amides is 1. The van der Waals surface area contributed by atoms with Gasteiger partial charge in [0.2, 0.25) is 5.91 Å². The molecule has 0 saturated carbocycles. The largest absolute Gasteiger partial charge is 0.363 e. The summed E-state index contributed by atoms with van der Waals surface area (Å²) in [6.07, 6.45) is 4.41. The van der Waals surface area contributed by atoms with Crippen LogP contribution in [0.1, 0.15) is 32.6 Å². The third-order valence-corrected chi connectivity index (χ3v) is 5.76. The van der Waals surface area contributed by atoms with Gasteiger partial charge in [0, 0.05) is 38.8 Å². The molecule has 0 bridgehead atoms. The normalized spacial score (nSPS) is 18.6. The number of likely N-dealkylation sites (tertiary alicyclic amines) is 1. The first-order valence-electron chi connectivity index (χ1n) is 9.37. The third kappa shape index (κ3) is 6.00. The van der Waals surface area contributed by atoms with E-state index in [1.165, 1.54) is 5.00 Å². The molecule has 0 spiro atoms. The second-order valence-corrected chi connectivity index (χ2v) is 7.57. The number of nitrogens with zero attached hydrogens (tertiary/aromatic N) is 3. The minimum Gasteiger partial charge on any atom is -0.363 e. The van der Waals surface area contributed by atoms with Gasteiger partial charge in [0.1, 0.15) is 6.54 Å². The van der Waals surface area contributed by atoms with Crippen molar-refractivity contribution in [3.8, 4) is 0 Å². The van der Waals surface area contributed by atoms with Crippen LogP contribution in [0.3, 0.4) is 0 Å². The summed E-state index contributed by atoms with van der Waals surface area (Å²) in [4.78, 5) is 21.1. The van der Waals surface area contributed by atoms with Crippen molar-refractivity contribution in [1.82, 2.24) is 15.5 Å². The Balaban J connectivity index is 0.00000243. The van der Waals surface area contributed by atoms with Crippen molar-refractivity contribution in [3.05, 3.63) is 17.5 Å². The van der Waals surface area contributed by atoms with Crippen LogP contribution in [0.25, 0.3) is 0 Å². The maximum atomic E-state index is 12.2. The standard InChI is InChI=1S/C18H29N5OS.HI/c1-2-19-18(20-14-16(24)22-9-3-4-10-22)21-15-7-11-23(12-8-15)17-6-5-13-25-17;/h5-6,13,15H,2-4,7-12,14H2,1H3,(H2,19,20,21);1H. The first-order chi connectivity index (χ1) is 12.3. The number of halogens is 1. The van der Waals surface area contributed by atoms with Crippen LogP contribution in [0.5, 0.6) is 0 Å². The van der Waals surface area contributed by atoms with E-state index >= 15 is 0 Å². The predicted molar refractivity (Wildman–Crippen MR) is 120 cm³/mol. The molecule has 2 saturated heterocycles. The van der Waals surface area contributed by atoms with Crippen LogP contribution in [-0.4, -0.2) is 62.1 Å². The fourth-order valence-corrected chi connectivity index (χ4v) is 4.21. The molecule has 1 aromatic rings. The van der Waals surface area contributed by atoms with Crippen LogP contribution in [0.4, 0.5) is 5.00 Å². The number of aliphatic imine (C=N–C) groups is 1. The molecular formula is C18H30IN5OS. The zero-order valence-electron chi connectivity index (χ0n) is 15.4. The number of hydrogen-bond acceptors (Lipinski definition) is 4. The monoisotopic (exact) mass is 491 g/mol. The van der Waals surface area contributed by atoms with Crippen molar-refractivity contribution in [2.24, 2.45) is 4.99 Å². The Labute approximate surface area is 177 Å². The quantitative estimate of drug-likeness (QED) is 0.378. The van der Waals surface area contributed by atoms with Crippen LogP contribution in [0.15, 0.2) is 22.5 Å². The Morgan fingerprint density at radius 2 is 2.00 bits per heavy atom. The Morgan fingerprint density at radius 1 is 1.27 bits per heavy atom. The molecule has 0 atom stereocenters. The summed E-state index contributed by atoms with van der Waals surface area (Å²) in [6, 6.07) is 4.71. The number of rotatable bonds is 5. The molecule has 26 heavy (non-hydrogen) atoms. The summed E-state index contributed by atoms with van der Waals surface area (Å²) >= 11 is 1.80. The highest BCUT2D eigenvalue weighted by Gasteiger charge is 2.21. The lowest BCUT2D eigenvalue weighted by Crippen LogP contribution is -2.49. The Bertz CT molecular complexity index is 566. The third-order valence-electron chi connectivity index (χ3n) is 4.83. The van der Waals surface area contributed by atoms with Crippen LogP contribution < -0.4 is 15.5 Å². The Hall–Kier alpha value is -1.03. The van der Waals surface area contributed by atoms with Gasteiger partial charge in [0.05, 0.1) is 5.00 Å². The van der Waals surface area contributed by atoms with Crippen LogP contribution >= 0.6 is 35.3 Å². The number of piperidine rings is 1. The summed E-state index contributed by atoms with van der Waals surface area (Å²) in [6.45, 7) is 6.99. The van der Waals surface area contributed by atoms with E-state index in [2.05, 4.69) is 45.0 Å². The zero-order chi connectivity index (χ0) is 17.5. The SMILES string of the molecule is CCNC(=NCC(=O)N1CCCC1)NC1CCN(c2cccs2)CC1.I. The minimum atomic E-state index is 0. The Kier molecular flexibility index (Phi) is 8.97. The fraction of sp³-hybridized carbons (Fsp3) is 0.667. The van der Waals surface area contributed by atoms with E-state index in [0.29, 0.717) is 6.04 Å². The van der Waals surface area contributed by atoms with Crippen molar-refractivity contribution in [1.29, 1.82) is 0 Å². The summed E-state index contributed by atoms with van der Waals surface area (Å²) in [5.74, 6) is 0.909. The average Bonchev–Trinajstić information content (AvgIpc) is 3.33. The lowest BCUT2D eigenvalue weighted by molar-refractivity contribution is -0.128. The average molecular weight is 491 g/mol. The molecule has 3 rings (SSSR count). The van der Waals surface area contributed by atoms with Gasteiger partial charge >= 0.3 is 0 Å². The van der Waals surface area contributed by atoms with E-state index in [9.17, 15) is 4.79 Å². The molecule has 2 N–H and O–H groups in total. The lowest BCUT2D eigenvalue weighted by Gasteiger charge is -2.33. The maximum absolute atomic E-state index is 12.2. The molecule has 146 valence electrons. The van der Waals surface area contributed by atoms with E-state index in [4.69, 9.17) is 0 Å². The lowest BCUT2D eigenvalue weighted by atomic mass is 10.1. The van der Waals surface area contributed by atoms with Gasteiger partial charge in [-0.15, -0.1) is 35.3 Å². The summed E-state index contributed by atoms with van der Waals surface area (Å²) in [7, 11) is 0. The molecular weight excluding hydrogens is 461 g/mol. The van der Waals surface area contributed by atoms with Crippen molar-refractivity contribution >= 4 is 52.2 Å². The van der Waals surface area contributed by atoms with E-state index < -0.39 is 0 Å². The Morgan fingerprint density at radius 3 is 2.62 bits per heavy atom. The molecule has 2 fully saturated rings. The van der Waals surface area contributed by atoms with Crippen LogP contribution in [-0.2, 0) is 4.79 Å². The van der Waals surface area contributed by atoms with Crippen molar-refractivity contribution in [2.75, 3.05) is 44.2 Å². The molecule has 8 heteroatoms. The molecule has 2 aliphatic heterocycles. The van der Waals surface area contributed by atoms with Gasteiger partial charge in [-0.2, -0.15) is 0 Å². The number of guanidine groups is 1. The highest BCUT2D eigenvalue weighted by molar-refractivity contribution is 14.0. The molecule has 0 radical (unpaired) electrons. The van der Waals surface area contributed by atoms with Crippen LogP contribution in [0, 0.1) is 0 Å². The number of carbonyl (C=O) groups excluding carboxylic acids is 1. The first kappa shape index (κ1) is 21.3. The summed E-state index contributed by atoms with van der Waals surface area (Å²) in [5, 5.41) is 10.3. The van der Waals surface area contributed by atoms with E-state index in [0.717, 1.165) is 64.4 Å². The molecule has 0 aliphatic carbocycles. The zero-order valence-corrected chi connectivity index (χ0v) is 18.6. The summed E-state index contributed by atoms with van der Waals surface area (Å²) in [5.41, 5.74) is 0. The van der Waals surface area contributed by atoms with Gasteiger partial charge < -0.3 is 20.4 Å². The molecule has 6 nitrogen and oxygen atoms in total. The second-order valence-electron chi connectivity index (χ2n) is 6.64. The van der Waals surface area contributed by atoms with Crippen molar-refractivity contribution in [2.45, 2.75) is 38.6 Å². The highest BCUT2D eigenvalue weighted by Crippen LogP contribution is 2.24. The van der Waals surface area contributed by atoms with Crippen molar-refractivity contribution < 1.29 is 4.79 Å². The van der Waals surface area contributed by atoms with E-state index in [1.54, 1.807) is 11.3 Å². The van der Waals surface area contributed by atoms with E-state index in [1.807, 2.05) is 4.90 Å². The second kappa shape index (κ2) is 11.0. The van der Waals surface area contributed by atoms with Gasteiger partial charge in [-0.05, 0) is 50.1 Å². The molecule has 2 aliphatic rings. The maximum Gasteiger partial charge on any atom is 0.244 e. The highest BCUT2D eigenvalue weighted by atomic mass is 127. The summed E-state index contributed by atoms with van der Waals surface area (Å²) < 4.78 is 0. The topological polar surface area (TPSA) is 60.0 Å². The van der Waals surface area contributed by atoms with Crippen molar-refractivity contribution in [3.63, 3.8) is 0 Å². The van der Waals surface area contributed by atoms with Crippen LogP contribution in [0.2, 0.25) is 0 Å². The van der Waals surface area contributed by atoms with Gasteiger partial charge in [-0.3, -0.25) is 4.79 Å². The molecule has 1 aromatic heterocycles. The van der Waals surface area contributed by atoms with Gasteiger partial charge in [-0.25, -0.2) is 4.99 Å². The minimum absolute atomic E-state index is 0. The van der Waals surface area contributed by atoms with Gasteiger partial charge in [0.25, 0.3) is 0 Å². The van der Waals surface area contributed by atoms with Gasteiger partial charge in [0.15, 0.2) is 5.96 Å². The number of anilines is 1. The fourth-order valence-electron chi connectivity index (χ4n) is 3.42. The number of nitrogens with one attached hydrogen (secondary N) is 2. The number of carbonyl (C=O) groups is 1. The van der Waals surface area contributed by atoms with Gasteiger partial charge in [-0.1, -0.05) is 0 Å². The number of hydrogen-bond donors (Lipinski definition) is 2. The molecule has 1 amide bonds. The smallest absolute Gasteiger partial charge is 0.244 e. The number of thiophene rings is 1. The molecule has 0 aromatic carbocycles. The predicted octanol–water partition coefficient (Wildman–Crippen LogP) is 2.51.